The van der Waals surface area contributed by atoms with Crippen LogP contribution in [0.5, 0.6) is 0 Å². The van der Waals surface area contributed by atoms with Gasteiger partial charge in [-0.2, -0.15) is 0 Å². The Kier molecular flexibility index (Phi) is 28.2. The van der Waals surface area contributed by atoms with Gasteiger partial charge in [-0.1, -0.05) is 201 Å². The highest BCUT2D eigenvalue weighted by molar-refractivity contribution is 4.64. The number of hydrogen-bond donors (Lipinski definition) is 0. The van der Waals surface area contributed by atoms with Crippen molar-refractivity contribution in [1.82, 2.24) is 0 Å². The molecule has 0 rings (SSSR count). The summed E-state index contributed by atoms with van der Waals surface area (Å²) in [5.41, 5.74) is 0. The van der Waals surface area contributed by atoms with Crippen LogP contribution in [0, 0.1) is 11.8 Å². The van der Waals surface area contributed by atoms with Crippen molar-refractivity contribution in [3.05, 3.63) is 0 Å². The molecule has 0 amide bonds. The van der Waals surface area contributed by atoms with Crippen molar-refractivity contribution in [2.75, 3.05) is 0 Å². The molecule has 0 heteroatoms. The minimum absolute atomic E-state index is 1.03. The van der Waals surface area contributed by atoms with Crippen LogP contribution in [0.2, 0.25) is 0 Å². The lowest BCUT2D eigenvalue weighted by atomic mass is 9.88. The van der Waals surface area contributed by atoms with Crippen molar-refractivity contribution in [2.45, 2.75) is 201 Å². The quantitative estimate of drug-likeness (QED) is 0.101. The summed E-state index contributed by atoms with van der Waals surface area (Å²) in [6, 6.07) is 0. The van der Waals surface area contributed by atoms with Crippen LogP contribution < -0.4 is 0 Å². The zero-order valence-electron chi connectivity index (χ0n) is 24.2. The normalized spacial score (nSPS) is 13.5. The molecule has 2 atom stereocenters. The van der Waals surface area contributed by atoms with Crippen molar-refractivity contribution in [2.24, 2.45) is 11.8 Å². The molecule has 200 valence electrons. The fourth-order valence-corrected chi connectivity index (χ4v) is 5.69. The lowest BCUT2D eigenvalue weighted by Crippen LogP contribution is -2.03. The van der Waals surface area contributed by atoms with Gasteiger partial charge < -0.3 is 0 Å². The average Bonchev–Trinajstić information content (AvgIpc) is 2.82. The highest BCUT2D eigenvalue weighted by Gasteiger charge is 2.11. The Morgan fingerprint density at radius 3 is 0.818 bits per heavy atom. The molecule has 0 aromatic rings. The second-order valence-corrected chi connectivity index (χ2v) is 11.5. The zero-order valence-corrected chi connectivity index (χ0v) is 24.2. The molecule has 0 fully saturated rings. The van der Waals surface area contributed by atoms with Gasteiger partial charge in [0.2, 0.25) is 0 Å². The van der Waals surface area contributed by atoms with Crippen LogP contribution in [0.15, 0.2) is 0 Å². The van der Waals surface area contributed by atoms with Gasteiger partial charge in [-0.25, -0.2) is 0 Å². The molecule has 0 aromatic carbocycles. The van der Waals surface area contributed by atoms with Gasteiger partial charge in [0.1, 0.15) is 0 Å². The van der Waals surface area contributed by atoms with Crippen LogP contribution in [0.3, 0.4) is 0 Å². The molecule has 0 aliphatic heterocycles. The van der Waals surface area contributed by atoms with E-state index in [9.17, 15) is 0 Å². The SMILES string of the molecule is CCCCCCCCCC(CCCC)CCCCCC(CCCCC)CCCCCCCC. The minimum Gasteiger partial charge on any atom is -0.0654 e. The van der Waals surface area contributed by atoms with Crippen molar-refractivity contribution >= 4 is 0 Å². The predicted molar refractivity (Wildman–Crippen MR) is 154 cm³/mol. The van der Waals surface area contributed by atoms with Crippen LogP contribution in [0.4, 0.5) is 0 Å². The fraction of sp³-hybridized carbons (Fsp3) is 1.00. The van der Waals surface area contributed by atoms with Crippen LogP contribution >= 0.6 is 0 Å². The molecular weight excluding hydrogens is 396 g/mol. The first-order chi connectivity index (χ1) is 16.3. The molecule has 0 bridgehead atoms. The van der Waals surface area contributed by atoms with Crippen molar-refractivity contribution < 1.29 is 0 Å². The molecule has 2 unspecified atom stereocenters. The molecule has 33 heavy (non-hydrogen) atoms. The molecule has 0 aromatic heterocycles. The highest BCUT2D eigenvalue weighted by atomic mass is 14.2. The summed E-state index contributed by atoms with van der Waals surface area (Å²) in [6.07, 6.45) is 39.7. The van der Waals surface area contributed by atoms with Gasteiger partial charge in [-0.05, 0) is 11.8 Å². The van der Waals surface area contributed by atoms with E-state index in [1.807, 2.05) is 0 Å². The Balaban J connectivity index is 4.01. The largest absolute Gasteiger partial charge is 0.0654 e. The lowest BCUT2D eigenvalue weighted by Gasteiger charge is -2.18. The van der Waals surface area contributed by atoms with Gasteiger partial charge in [0.05, 0.1) is 0 Å². The first kappa shape index (κ1) is 33.0. The highest BCUT2D eigenvalue weighted by Crippen LogP contribution is 2.27. The molecule has 0 nitrogen and oxygen atoms in total. The second-order valence-electron chi connectivity index (χ2n) is 11.5. The Morgan fingerprint density at radius 1 is 0.242 bits per heavy atom. The van der Waals surface area contributed by atoms with E-state index in [4.69, 9.17) is 0 Å². The predicted octanol–water partition coefficient (Wildman–Crippen LogP) is 12.8. The molecule has 0 aliphatic carbocycles. The number of unbranched alkanes of at least 4 members (excludes halogenated alkanes) is 16. The van der Waals surface area contributed by atoms with E-state index < -0.39 is 0 Å². The molecule has 0 saturated carbocycles. The van der Waals surface area contributed by atoms with E-state index in [1.165, 1.54) is 173 Å². The first-order valence-electron chi connectivity index (χ1n) is 16.3. The molecule has 0 radical (unpaired) electrons. The second kappa shape index (κ2) is 28.2. The number of rotatable bonds is 28. The number of hydrogen-bond acceptors (Lipinski definition) is 0. The lowest BCUT2D eigenvalue weighted by molar-refractivity contribution is 0.349. The third kappa shape index (κ3) is 24.9. The summed E-state index contributed by atoms with van der Waals surface area (Å²) >= 11 is 0. The monoisotopic (exact) mass is 465 g/mol. The molecule has 0 saturated heterocycles. The maximum atomic E-state index is 2.37. The van der Waals surface area contributed by atoms with Gasteiger partial charge >= 0.3 is 0 Å². The van der Waals surface area contributed by atoms with Crippen molar-refractivity contribution in [1.29, 1.82) is 0 Å². The summed E-state index contributed by atoms with van der Waals surface area (Å²) in [6.45, 7) is 9.36. The van der Waals surface area contributed by atoms with Crippen LogP contribution in [-0.4, -0.2) is 0 Å². The van der Waals surface area contributed by atoms with Crippen LogP contribution in [0.25, 0.3) is 0 Å². The summed E-state index contributed by atoms with van der Waals surface area (Å²) < 4.78 is 0. The molecule has 0 spiro atoms. The zero-order chi connectivity index (χ0) is 24.2. The minimum atomic E-state index is 1.03. The van der Waals surface area contributed by atoms with Gasteiger partial charge in [0.25, 0.3) is 0 Å². The summed E-state index contributed by atoms with van der Waals surface area (Å²) in [4.78, 5) is 0. The smallest absolute Gasteiger partial charge is 0.0414 e. The Hall–Kier alpha value is 0. The Bertz CT molecular complexity index is 333. The van der Waals surface area contributed by atoms with Crippen LogP contribution in [-0.2, 0) is 0 Å². The molecule has 0 N–H and O–H groups in total. The Labute approximate surface area is 212 Å². The van der Waals surface area contributed by atoms with E-state index in [2.05, 4.69) is 27.7 Å². The van der Waals surface area contributed by atoms with Gasteiger partial charge in [-0.3, -0.25) is 0 Å². The van der Waals surface area contributed by atoms with Crippen molar-refractivity contribution in [3.8, 4) is 0 Å². The maximum Gasteiger partial charge on any atom is -0.0414 e. The van der Waals surface area contributed by atoms with Crippen LogP contribution in [0.1, 0.15) is 201 Å². The summed E-state index contributed by atoms with van der Waals surface area (Å²) in [5.74, 6) is 2.07. The van der Waals surface area contributed by atoms with E-state index >= 15 is 0 Å². The molecule has 0 aliphatic rings. The van der Waals surface area contributed by atoms with E-state index in [0.717, 1.165) is 11.8 Å². The van der Waals surface area contributed by atoms with Gasteiger partial charge in [0.15, 0.2) is 0 Å². The maximum absolute atomic E-state index is 2.37. The first-order valence-corrected chi connectivity index (χ1v) is 16.3. The standard InChI is InChI=1S/C33H68/c1-5-9-13-15-17-19-23-28-32(26-12-8-4)30-24-20-25-31-33(27-21-11-7-3)29-22-18-16-14-10-6-2/h32-33H,5-31H2,1-4H3. The van der Waals surface area contributed by atoms with E-state index in [0.29, 0.717) is 0 Å². The average molecular weight is 465 g/mol. The third-order valence-corrected chi connectivity index (χ3v) is 8.09. The topological polar surface area (TPSA) is 0 Å². The summed E-state index contributed by atoms with van der Waals surface area (Å²) in [7, 11) is 0. The molecule has 0 heterocycles. The summed E-state index contributed by atoms with van der Waals surface area (Å²) in [5, 5.41) is 0. The van der Waals surface area contributed by atoms with E-state index in [1.54, 1.807) is 0 Å². The van der Waals surface area contributed by atoms with E-state index in [-0.39, 0.29) is 0 Å². The Morgan fingerprint density at radius 2 is 0.455 bits per heavy atom. The third-order valence-electron chi connectivity index (χ3n) is 8.09. The molecular formula is C33H68. The van der Waals surface area contributed by atoms with Gasteiger partial charge in [-0.15, -0.1) is 0 Å². The van der Waals surface area contributed by atoms with Gasteiger partial charge in [0, 0.05) is 0 Å². The fourth-order valence-electron chi connectivity index (χ4n) is 5.69. The van der Waals surface area contributed by atoms with Crippen molar-refractivity contribution in [3.63, 3.8) is 0 Å².